The molecule has 4 heteroatoms. The second-order valence-electron chi connectivity index (χ2n) is 5.97. The Balaban J connectivity index is 2.73. The first kappa shape index (κ1) is 16.4. The third-order valence-corrected chi connectivity index (χ3v) is 4.43. The second kappa shape index (κ2) is 7.85. The minimum absolute atomic E-state index is 0.00499. The Morgan fingerprint density at radius 2 is 2.16 bits per heavy atom. The third kappa shape index (κ3) is 4.46. The molecule has 1 rings (SSSR count). The maximum absolute atomic E-state index is 12.8. The van der Waals surface area contributed by atoms with Crippen LogP contribution in [0, 0.1) is 11.8 Å². The quantitative estimate of drug-likeness (QED) is 0.803. The third-order valence-electron chi connectivity index (χ3n) is 4.43. The fraction of sp³-hybridized carbons (Fsp3) is 0.933. The molecule has 0 aromatic rings. The number of ether oxygens (including phenoxy) is 1. The Morgan fingerprint density at radius 3 is 2.74 bits per heavy atom. The summed E-state index contributed by atoms with van der Waals surface area (Å²) in [5, 5.41) is 0. The Bertz CT molecular complexity index is 283. The zero-order valence-electron chi connectivity index (χ0n) is 12.9. The predicted molar refractivity (Wildman–Crippen MR) is 77.8 cm³/mol. The van der Waals surface area contributed by atoms with Crippen molar-refractivity contribution in [1.29, 1.82) is 0 Å². The lowest BCUT2D eigenvalue weighted by atomic mass is 9.78. The average Bonchev–Trinajstić information content (AvgIpc) is 2.41. The first-order valence-corrected chi connectivity index (χ1v) is 7.56. The maximum atomic E-state index is 12.8. The summed E-state index contributed by atoms with van der Waals surface area (Å²) >= 11 is 0. The van der Waals surface area contributed by atoms with Gasteiger partial charge < -0.3 is 15.4 Å². The summed E-state index contributed by atoms with van der Waals surface area (Å²) in [7, 11) is 1.67. The van der Waals surface area contributed by atoms with Gasteiger partial charge in [0.15, 0.2) is 0 Å². The van der Waals surface area contributed by atoms with Crippen molar-refractivity contribution in [2.45, 2.75) is 58.5 Å². The van der Waals surface area contributed by atoms with Gasteiger partial charge in [-0.3, -0.25) is 4.79 Å². The lowest BCUT2D eigenvalue weighted by Gasteiger charge is -2.37. The topological polar surface area (TPSA) is 55.6 Å². The van der Waals surface area contributed by atoms with Crippen LogP contribution in [0.15, 0.2) is 0 Å². The van der Waals surface area contributed by atoms with E-state index in [2.05, 4.69) is 20.8 Å². The molecule has 0 radical (unpaired) electrons. The highest BCUT2D eigenvalue weighted by atomic mass is 16.5. The van der Waals surface area contributed by atoms with E-state index >= 15 is 0 Å². The standard InChI is InChI=1S/C15H30N2O2/c1-5-12(3)17(8-9-19-4)15(18)13-10-11(2)6-7-14(13)16/h11-14H,5-10,16H2,1-4H3. The molecule has 1 fully saturated rings. The number of nitrogens with zero attached hydrogens (tertiary/aromatic N) is 1. The predicted octanol–water partition coefficient (Wildman–Crippen LogP) is 2.02. The van der Waals surface area contributed by atoms with Crippen molar-refractivity contribution in [2.75, 3.05) is 20.3 Å². The van der Waals surface area contributed by atoms with Crippen molar-refractivity contribution in [3.63, 3.8) is 0 Å². The summed E-state index contributed by atoms with van der Waals surface area (Å²) in [5.74, 6) is 0.829. The summed E-state index contributed by atoms with van der Waals surface area (Å²) in [4.78, 5) is 14.7. The molecule has 112 valence electrons. The molecule has 1 saturated carbocycles. The molecule has 0 aliphatic heterocycles. The molecule has 4 nitrogen and oxygen atoms in total. The van der Waals surface area contributed by atoms with E-state index in [4.69, 9.17) is 10.5 Å². The largest absolute Gasteiger partial charge is 0.383 e. The number of carbonyl (C=O) groups is 1. The van der Waals surface area contributed by atoms with Gasteiger partial charge in [0.2, 0.25) is 5.91 Å². The number of methoxy groups -OCH3 is 1. The fourth-order valence-corrected chi connectivity index (χ4v) is 2.86. The second-order valence-corrected chi connectivity index (χ2v) is 5.97. The van der Waals surface area contributed by atoms with Crippen LogP contribution in [0.2, 0.25) is 0 Å². The molecule has 1 amide bonds. The molecule has 0 bridgehead atoms. The zero-order valence-corrected chi connectivity index (χ0v) is 12.9. The molecular weight excluding hydrogens is 240 g/mol. The van der Waals surface area contributed by atoms with Gasteiger partial charge in [0, 0.05) is 25.7 Å². The number of hydrogen-bond donors (Lipinski definition) is 1. The molecule has 0 spiro atoms. The van der Waals surface area contributed by atoms with E-state index in [0.717, 1.165) is 25.7 Å². The van der Waals surface area contributed by atoms with Gasteiger partial charge in [0.05, 0.1) is 12.5 Å². The normalized spacial score (nSPS) is 29.0. The van der Waals surface area contributed by atoms with E-state index in [0.29, 0.717) is 19.1 Å². The van der Waals surface area contributed by atoms with Crippen molar-refractivity contribution < 1.29 is 9.53 Å². The zero-order chi connectivity index (χ0) is 14.4. The first-order valence-electron chi connectivity index (χ1n) is 7.56. The molecule has 19 heavy (non-hydrogen) atoms. The monoisotopic (exact) mass is 270 g/mol. The van der Waals surface area contributed by atoms with Gasteiger partial charge in [-0.1, -0.05) is 13.8 Å². The highest BCUT2D eigenvalue weighted by molar-refractivity contribution is 5.80. The Hall–Kier alpha value is -0.610. The summed E-state index contributed by atoms with van der Waals surface area (Å²) in [5.41, 5.74) is 6.17. The summed E-state index contributed by atoms with van der Waals surface area (Å²) in [6.45, 7) is 7.69. The van der Waals surface area contributed by atoms with E-state index < -0.39 is 0 Å². The fourth-order valence-electron chi connectivity index (χ4n) is 2.86. The van der Waals surface area contributed by atoms with Crippen LogP contribution in [0.5, 0.6) is 0 Å². The highest BCUT2D eigenvalue weighted by Crippen LogP contribution is 2.30. The molecule has 1 aliphatic carbocycles. The average molecular weight is 270 g/mol. The van der Waals surface area contributed by atoms with E-state index in [-0.39, 0.29) is 23.9 Å². The van der Waals surface area contributed by atoms with E-state index in [1.165, 1.54) is 0 Å². The van der Waals surface area contributed by atoms with Crippen LogP contribution in [0.4, 0.5) is 0 Å². The molecule has 4 unspecified atom stereocenters. The van der Waals surface area contributed by atoms with Crippen molar-refractivity contribution in [3.05, 3.63) is 0 Å². The minimum Gasteiger partial charge on any atom is -0.383 e. The van der Waals surface area contributed by atoms with Crippen molar-refractivity contribution in [2.24, 2.45) is 17.6 Å². The summed E-state index contributed by atoms with van der Waals surface area (Å²) < 4.78 is 5.13. The van der Waals surface area contributed by atoms with Crippen LogP contribution in [0.3, 0.4) is 0 Å². The van der Waals surface area contributed by atoms with Gasteiger partial charge in [-0.2, -0.15) is 0 Å². The molecule has 0 heterocycles. The van der Waals surface area contributed by atoms with E-state index in [1.54, 1.807) is 7.11 Å². The Kier molecular flexibility index (Phi) is 6.80. The number of hydrogen-bond acceptors (Lipinski definition) is 3. The number of nitrogens with two attached hydrogens (primary N) is 1. The maximum Gasteiger partial charge on any atom is 0.227 e. The molecule has 1 aliphatic rings. The highest BCUT2D eigenvalue weighted by Gasteiger charge is 2.35. The molecule has 0 aromatic heterocycles. The van der Waals surface area contributed by atoms with Crippen LogP contribution in [0.1, 0.15) is 46.5 Å². The number of carbonyl (C=O) groups excluding carboxylic acids is 1. The van der Waals surface area contributed by atoms with Crippen LogP contribution in [0.25, 0.3) is 0 Å². The van der Waals surface area contributed by atoms with Crippen LogP contribution in [-0.2, 0) is 9.53 Å². The molecular formula is C15H30N2O2. The lowest BCUT2D eigenvalue weighted by molar-refractivity contribution is -0.140. The lowest BCUT2D eigenvalue weighted by Crippen LogP contribution is -2.50. The van der Waals surface area contributed by atoms with Crippen molar-refractivity contribution in [1.82, 2.24) is 4.90 Å². The van der Waals surface area contributed by atoms with Gasteiger partial charge in [0.25, 0.3) is 0 Å². The molecule has 2 N–H and O–H groups in total. The van der Waals surface area contributed by atoms with Crippen molar-refractivity contribution in [3.8, 4) is 0 Å². The molecule has 0 aromatic carbocycles. The van der Waals surface area contributed by atoms with Gasteiger partial charge >= 0.3 is 0 Å². The van der Waals surface area contributed by atoms with Crippen molar-refractivity contribution >= 4 is 5.91 Å². The van der Waals surface area contributed by atoms with Gasteiger partial charge in [-0.25, -0.2) is 0 Å². The number of rotatable bonds is 6. The molecule has 4 atom stereocenters. The number of amides is 1. The van der Waals surface area contributed by atoms with Gasteiger partial charge in [-0.15, -0.1) is 0 Å². The Labute approximate surface area is 117 Å². The smallest absolute Gasteiger partial charge is 0.227 e. The van der Waals surface area contributed by atoms with Crippen LogP contribution < -0.4 is 5.73 Å². The van der Waals surface area contributed by atoms with Crippen LogP contribution in [-0.4, -0.2) is 43.2 Å². The van der Waals surface area contributed by atoms with Crippen LogP contribution >= 0.6 is 0 Å². The first-order chi connectivity index (χ1) is 9.01. The van der Waals surface area contributed by atoms with E-state index in [1.807, 2.05) is 4.90 Å². The van der Waals surface area contributed by atoms with E-state index in [9.17, 15) is 4.79 Å². The summed E-state index contributed by atoms with van der Waals surface area (Å²) in [6.07, 6.45) is 4.01. The SMILES string of the molecule is CCC(C)N(CCOC)C(=O)C1CC(C)CCC1N. The summed E-state index contributed by atoms with van der Waals surface area (Å²) in [6, 6.07) is 0.282. The minimum atomic E-state index is -0.00499. The van der Waals surface area contributed by atoms with Gasteiger partial charge in [-0.05, 0) is 38.5 Å². The Morgan fingerprint density at radius 1 is 1.47 bits per heavy atom. The molecule has 0 saturated heterocycles. The van der Waals surface area contributed by atoms with Gasteiger partial charge in [0.1, 0.15) is 0 Å².